The van der Waals surface area contributed by atoms with E-state index >= 15 is 0 Å². The number of anilines is 1. The molecule has 1 fully saturated rings. The summed E-state index contributed by atoms with van der Waals surface area (Å²) >= 11 is 0. The van der Waals surface area contributed by atoms with Gasteiger partial charge in [0.1, 0.15) is 18.0 Å². The lowest BCUT2D eigenvalue weighted by Gasteiger charge is -2.27. The largest absolute Gasteiger partial charge is 0.492 e. The Balaban J connectivity index is 1.80. The molecule has 0 radical (unpaired) electrons. The second-order valence-electron chi connectivity index (χ2n) is 7.50. The molecule has 1 aromatic rings. The summed E-state index contributed by atoms with van der Waals surface area (Å²) in [6.07, 6.45) is 6.90. The van der Waals surface area contributed by atoms with Gasteiger partial charge in [-0.1, -0.05) is 26.2 Å². The molecule has 1 aliphatic heterocycles. The number of nitrogens with zero attached hydrogens (tertiary/aromatic N) is 1. The smallest absolute Gasteiger partial charge is 0.256 e. The first kappa shape index (κ1) is 21.7. The number of amides is 1. The highest BCUT2D eigenvalue weighted by Gasteiger charge is 2.32. The molecule has 5 nitrogen and oxygen atoms in total. The fraction of sp³-hybridized carbons (Fsp3) is 0.682. The van der Waals surface area contributed by atoms with Crippen LogP contribution >= 0.6 is 0 Å². The highest BCUT2D eigenvalue weighted by molar-refractivity contribution is 5.97. The Bertz CT molecular complexity index is 545. The van der Waals surface area contributed by atoms with E-state index in [9.17, 15) is 4.79 Å². The molecule has 1 aliphatic rings. The number of ether oxygens (including phenoxy) is 2. The van der Waals surface area contributed by atoms with Gasteiger partial charge in [0.25, 0.3) is 5.91 Å². The molecule has 1 aromatic carbocycles. The van der Waals surface area contributed by atoms with Gasteiger partial charge in [-0.25, -0.2) is 0 Å². The van der Waals surface area contributed by atoms with Crippen molar-refractivity contribution in [2.24, 2.45) is 0 Å². The van der Waals surface area contributed by atoms with Gasteiger partial charge in [-0.2, -0.15) is 0 Å². The van der Waals surface area contributed by atoms with E-state index in [1.54, 1.807) is 0 Å². The molecule has 0 saturated carbocycles. The molecular formula is C22H36N2O3. The third kappa shape index (κ3) is 7.15. The number of nitrogens with one attached hydrogen (secondary N) is 1. The predicted octanol–water partition coefficient (Wildman–Crippen LogP) is 4.48. The highest BCUT2D eigenvalue weighted by atomic mass is 16.5. The summed E-state index contributed by atoms with van der Waals surface area (Å²) in [6, 6.07) is 7.60. The van der Waals surface area contributed by atoms with Crippen molar-refractivity contribution in [3.63, 3.8) is 0 Å². The predicted molar refractivity (Wildman–Crippen MR) is 110 cm³/mol. The Morgan fingerprint density at radius 3 is 2.37 bits per heavy atom. The van der Waals surface area contributed by atoms with Gasteiger partial charge in [0.05, 0.1) is 0 Å². The van der Waals surface area contributed by atoms with Gasteiger partial charge in [-0.3, -0.25) is 9.69 Å². The van der Waals surface area contributed by atoms with Crippen molar-refractivity contribution in [2.75, 3.05) is 38.2 Å². The fourth-order valence-corrected chi connectivity index (χ4v) is 3.60. The number of carbonyl (C=O) groups is 1. The van der Waals surface area contributed by atoms with Crippen LogP contribution < -0.4 is 10.1 Å². The number of benzene rings is 1. The van der Waals surface area contributed by atoms with Gasteiger partial charge in [-0.15, -0.1) is 0 Å². The van der Waals surface area contributed by atoms with E-state index in [2.05, 4.69) is 17.1 Å². The van der Waals surface area contributed by atoms with Crippen LogP contribution in [0.25, 0.3) is 0 Å². The number of rotatable bonds is 10. The minimum absolute atomic E-state index is 0.0963. The van der Waals surface area contributed by atoms with Crippen molar-refractivity contribution in [1.29, 1.82) is 0 Å². The monoisotopic (exact) mass is 376 g/mol. The lowest BCUT2D eigenvalue weighted by atomic mass is 9.99. The van der Waals surface area contributed by atoms with Crippen LogP contribution in [0.1, 0.15) is 59.3 Å². The Hall–Kier alpha value is -1.59. The molecule has 0 spiro atoms. The lowest BCUT2D eigenvalue weighted by Crippen LogP contribution is -2.42. The summed E-state index contributed by atoms with van der Waals surface area (Å²) in [4.78, 5) is 15.1. The molecule has 27 heavy (non-hydrogen) atoms. The Morgan fingerprint density at radius 2 is 1.78 bits per heavy atom. The lowest BCUT2D eigenvalue weighted by molar-refractivity contribution is -0.139. The van der Waals surface area contributed by atoms with Crippen LogP contribution in [0.3, 0.4) is 0 Å². The molecule has 1 atom stereocenters. The maximum Gasteiger partial charge on any atom is 0.256 e. The zero-order valence-corrected chi connectivity index (χ0v) is 17.3. The summed E-state index contributed by atoms with van der Waals surface area (Å²) in [5.41, 5.74) is -0.0202. The number of hydrogen-bond donors (Lipinski definition) is 1. The normalized spacial score (nSPS) is 17.7. The van der Waals surface area contributed by atoms with Crippen LogP contribution in [0.15, 0.2) is 24.3 Å². The highest BCUT2D eigenvalue weighted by Crippen LogP contribution is 2.22. The zero-order chi connectivity index (χ0) is 19.5. The van der Waals surface area contributed by atoms with Crippen LogP contribution in [-0.2, 0) is 9.53 Å². The van der Waals surface area contributed by atoms with Crippen LogP contribution in [0.4, 0.5) is 5.69 Å². The molecule has 1 heterocycles. The first-order valence-corrected chi connectivity index (χ1v) is 10.5. The molecule has 0 aromatic heterocycles. The van der Waals surface area contributed by atoms with Crippen LogP contribution in [0.5, 0.6) is 5.75 Å². The molecule has 0 unspecified atom stereocenters. The van der Waals surface area contributed by atoms with E-state index < -0.39 is 5.60 Å². The van der Waals surface area contributed by atoms with E-state index in [1.165, 1.54) is 38.8 Å². The molecule has 1 amide bonds. The maximum absolute atomic E-state index is 12.6. The quantitative estimate of drug-likeness (QED) is 0.654. The minimum Gasteiger partial charge on any atom is -0.492 e. The summed E-state index contributed by atoms with van der Waals surface area (Å²) in [7, 11) is 0. The van der Waals surface area contributed by atoms with Gasteiger partial charge >= 0.3 is 0 Å². The van der Waals surface area contributed by atoms with Crippen molar-refractivity contribution in [3.8, 4) is 5.75 Å². The van der Waals surface area contributed by atoms with Gasteiger partial charge in [-0.05, 0) is 70.5 Å². The average Bonchev–Trinajstić information content (AvgIpc) is 2.92. The van der Waals surface area contributed by atoms with E-state index in [0.29, 0.717) is 19.6 Å². The Labute approximate surface area is 164 Å². The average molecular weight is 377 g/mol. The summed E-state index contributed by atoms with van der Waals surface area (Å²) < 4.78 is 11.6. The maximum atomic E-state index is 12.6. The van der Waals surface area contributed by atoms with Crippen molar-refractivity contribution in [3.05, 3.63) is 24.3 Å². The molecule has 0 bridgehead atoms. The topological polar surface area (TPSA) is 50.8 Å². The van der Waals surface area contributed by atoms with Gasteiger partial charge in [0.2, 0.25) is 0 Å². The summed E-state index contributed by atoms with van der Waals surface area (Å²) in [6.45, 7) is 10.4. The van der Waals surface area contributed by atoms with Crippen LogP contribution in [-0.4, -0.2) is 49.3 Å². The van der Waals surface area contributed by atoms with E-state index in [1.807, 2.05) is 38.1 Å². The second-order valence-corrected chi connectivity index (χ2v) is 7.50. The zero-order valence-electron chi connectivity index (χ0n) is 17.3. The molecule has 2 rings (SSSR count). The summed E-state index contributed by atoms with van der Waals surface area (Å²) in [5.74, 6) is 0.741. The Kier molecular flexibility index (Phi) is 9.08. The standard InChI is InChI=1S/C22H36N2O3/c1-4-14-22(3,27-5-2)21(25)23-19-10-12-20(13-11-19)26-18-17-24-15-8-6-7-9-16-24/h10-13H,4-9,14-18H2,1-3H3,(H,23,25)/t22-/m1/s1. The van der Waals surface area contributed by atoms with Crippen molar-refractivity contribution in [2.45, 2.75) is 64.9 Å². The molecule has 1 saturated heterocycles. The van der Waals surface area contributed by atoms with Gasteiger partial charge in [0, 0.05) is 18.8 Å². The first-order valence-electron chi connectivity index (χ1n) is 10.5. The number of likely N-dealkylation sites (tertiary alicyclic amines) is 1. The molecule has 5 heteroatoms. The fourth-order valence-electron chi connectivity index (χ4n) is 3.60. The summed E-state index contributed by atoms with van der Waals surface area (Å²) in [5, 5.41) is 2.97. The van der Waals surface area contributed by atoms with Crippen LogP contribution in [0, 0.1) is 0 Å². The van der Waals surface area contributed by atoms with E-state index in [-0.39, 0.29) is 5.91 Å². The number of carbonyl (C=O) groups excluding carboxylic acids is 1. The second kappa shape index (κ2) is 11.3. The third-order valence-corrected chi connectivity index (χ3v) is 5.16. The minimum atomic E-state index is -0.786. The van der Waals surface area contributed by atoms with Crippen molar-refractivity contribution in [1.82, 2.24) is 4.90 Å². The van der Waals surface area contributed by atoms with E-state index in [0.717, 1.165) is 24.4 Å². The SMILES string of the molecule is CCC[C@@](C)(OCC)C(=O)Nc1ccc(OCCN2CCCCCC2)cc1. The Morgan fingerprint density at radius 1 is 1.11 bits per heavy atom. The third-order valence-electron chi connectivity index (χ3n) is 5.16. The molecule has 152 valence electrons. The van der Waals surface area contributed by atoms with Crippen LogP contribution in [0.2, 0.25) is 0 Å². The first-order chi connectivity index (χ1) is 13.1. The van der Waals surface area contributed by atoms with Gasteiger partial charge in [0.15, 0.2) is 0 Å². The molecule has 1 N–H and O–H groups in total. The van der Waals surface area contributed by atoms with Crippen molar-refractivity contribution >= 4 is 11.6 Å². The van der Waals surface area contributed by atoms with Gasteiger partial charge < -0.3 is 14.8 Å². The molecule has 0 aliphatic carbocycles. The van der Waals surface area contributed by atoms with E-state index in [4.69, 9.17) is 9.47 Å². The molecular weight excluding hydrogens is 340 g/mol. The van der Waals surface area contributed by atoms with Crippen molar-refractivity contribution < 1.29 is 14.3 Å². The number of hydrogen-bond acceptors (Lipinski definition) is 4.